The van der Waals surface area contributed by atoms with E-state index in [9.17, 15) is 0 Å². The van der Waals surface area contributed by atoms with Crippen molar-refractivity contribution in [2.45, 2.75) is 44.7 Å². The number of hydrogen-bond acceptors (Lipinski definition) is 8. The van der Waals surface area contributed by atoms with E-state index in [-0.39, 0.29) is 6.61 Å². The van der Waals surface area contributed by atoms with Crippen LogP contribution in [-0.4, -0.2) is 25.1 Å². The Morgan fingerprint density at radius 3 is 2.52 bits per heavy atom. The third-order valence-corrected chi connectivity index (χ3v) is 4.55. The summed E-state index contributed by atoms with van der Waals surface area (Å²) >= 11 is 1.39. The van der Waals surface area contributed by atoms with E-state index in [4.69, 9.17) is 15.0 Å². The maximum atomic E-state index is 6.06. The molecule has 132 valence electrons. The van der Waals surface area contributed by atoms with Crippen molar-refractivity contribution < 1.29 is 9.15 Å². The second kappa shape index (κ2) is 7.56. The van der Waals surface area contributed by atoms with E-state index in [0.717, 1.165) is 16.9 Å². The summed E-state index contributed by atoms with van der Waals surface area (Å²) in [5, 5.41) is 16.7. The van der Waals surface area contributed by atoms with Crippen LogP contribution in [0.2, 0.25) is 0 Å². The molecule has 9 heteroatoms. The summed E-state index contributed by atoms with van der Waals surface area (Å²) in [6, 6.07) is 6.01. The van der Waals surface area contributed by atoms with Gasteiger partial charge in [-0.1, -0.05) is 36.9 Å². The van der Waals surface area contributed by atoms with Gasteiger partial charge in [0.05, 0.1) is 5.75 Å². The monoisotopic (exact) mass is 360 g/mol. The molecule has 8 nitrogen and oxygen atoms in total. The molecular formula is C16H20N6O2S. The lowest BCUT2D eigenvalue weighted by Crippen LogP contribution is -2.16. The molecule has 2 heterocycles. The van der Waals surface area contributed by atoms with Gasteiger partial charge in [-0.3, -0.25) is 0 Å². The van der Waals surface area contributed by atoms with E-state index in [1.54, 1.807) is 0 Å². The van der Waals surface area contributed by atoms with Crippen molar-refractivity contribution in [2.75, 3.05) is 5.84 Å². The summed E-state index contributed by atoms with van der Waals surface area (Å²) in [7, 11) is 0. The second-order valence-electron chi connectivity index (χ2n) is 5.51. The van der Waals surface area contributed by atoms with E-state index < -0.39 is 0 Å². The van der Waals surface area contributed by atoms with E-state index in [2.05, 4.69) is 20.4 Å². The highest BCUT2D eigenvalue weighted by molar-refractivity contribution is 7.98. The number of hydrogen-bond donors (Lipinski definition) is 1. The molecular weight excluding hydrogens is 340 g/mol. The first-order valence-corrected chi connectivity index (χ1v) is 8.89. The summed E-state index contributed by atoms with van der Waals surface area (Å²) in [6.45, 7) is 6.22. The minimum absolute atomic E-state index is 0.246. The van der Waals surface area contributed by atoms with Crippen molar-refractivity contribution in [1.82, 2.24) is 25.1 Å². The van der Waals surface area contributed by atoms with E-state index in [0.29, 0.717) is 34.9 Å². The van der Waals surface area contributed by atoms with Crippen LogP contribution in [0.1, 0.15) is 35.7 Å². The van der Waals surface area contributed by atoms with Crippen molar-refractivity contribution >= 4 is 11.8 Å². The van der Waals surface area contributed by atoms with Crippen molar-refractivity contribution in [3.8, 4) is 5.75 Å². The first kappa shape index (κ1) is 17.3. The smallest absolute Gasteiger partial charge is 0.226 e. The van der Waals surface area contributed by atoms with Crippen LogP contribution in [0.4, 0.5) is 0 Å². The van der Waals surface area contributed by atoms with Gasteiger partial charge >= 0.3 is 0 Å². The molecule has 0 radical (unpaired) electrons. The second-order valence-corrected chi connectivity index (χ2v) is 6.45. The Morgan fingerprint density at radius 2 is 1.84 bits per heavy atom. The topological polar surface area (TPSA) is 105 Å². The highest BCUT2D eigenvalue weighted by Crippen LogP contribution is 2.24. The number of ether oxygens (including phenoxy) is 1. The van der Waals surface area contributed by atoms with Crippen LogP contribution in [0.25, 0.3) is 0 Å². The first-order chi connectivity index (χ1) is 12.1. The summed E-state index contributed by atoms with van der Waals surface area (Å²) in [6.07, 6.45) is 0.713. The van der Waals surface area contributed by atoms with Crippen LogP contribution in [0.5, 0.6) is 5.75 Å². The Bertz CT molecular complexity index is 840. The van der Waals surface area contributed by atoms with Crippen molar-refractivity contribution in [3.05, 3.63) is 46.9 Å². The zero-order valence-corrected chi connectivity index (χ0v) is 15.2. The maximum Gasteiger partial charge on any atom is 0.226 e. The quantitative estimate of drug-likeness (QED) is 0.506. The van der Waals surface area contributed by atoms with Gasteiger partial charge in [0.1, 0.15) is 12.4 Å². The minimum atomic E-state index is 0.246. The van der Waals surface area contributed by atoms with Gasteiger partial charge < -0.3 is 15.0 Å². The predicted octanol–water partition coefficient (Wildman–Crippen LogP) is 2.43. The number of nitrogens with two attached hydrogens (primary N) is 1. The van der Waals surface area contributed by atoms with Crippen molar-refractivity contribution in [3.63, 3.8) is 0 Å². The lowest BCUT2D eigenvalue weighted by Gasteiger charge is -2.11. The van der Waals surface area contributed by atoms with Gasteiger partial charge in [-0.25, -0.2) is 4.68 Å². The van der Waals surface area contributed by atoms with Gasteiger partial charge in [-0.2, -0.15) is 0 Å². The van der Waals surface area contributed by atoms with Crippen LogP contribution in [0.3, 0.4) is 0 Å². The Morgan fingerprint density at radius 1 is 1.12 bits per heavy atom. The van der Waals surface area contributed by atoms with Gasteiger partial charge in [-0.15, -0.1) is 20.4 Å². The normalized spacial score (nSPS) is 11.0. The van der Waals surface area contributed by atoms with Crippen molar-refractivity contribution in [1.29, 1.82) is 0 Å². The molecule has 0 saturated carbocycles. The lowest BCUT2D eigenvalue weighted by molar-refractivity contribution is 0.288. The molecule has 0 aliphatic carbocycles. The summed E-state index contributed by atoms with van der Waals surface area (Å²) in [5.74, 6) is 9.10. The molecule has 0 aliphatic heterocycles. The van der Waals surface area contributed by atoms with Gasteiger partial charge in [0.15, 0.2) is 5.82 Å². The fraction of sp³-hybridized carbons (Fsp3) is 0.375. The average Bonchev–Trinajstić information content (AvgIpc) is 3.20. The summed E-state index contributed by atoms with van der Waals surface area (Å²) in [4.78, 5) is 0. The summed E-state index contributed by atoms with van der Waals surface area (Å²) in [5.41, 5.74) is 2.14. The summed E-state index contributed by atoms with van der Waals surface area (Å²) < 4.78 is 12.8. The highest BCUT2D eigenvalue weighted by atomic mass is 32.2. The van der Waals surface area contributed by atoms with E-state index in [1.807, 2.05) is 39.0 Å². The Kier molecular flexibility index (Phi) is 5.22. The van der Waals surface area contributed by atoms with E-state index >= 15 is 0 Å². The van der Waals surface area contributed by atoms with E-state index in [1.165, 1.54) is 16.4 Å². The molecule has 0 unspecified atom stereocenters. The average molecular weight is 360 g/mol. The molecule has 0 amide bonds. The van der Waals surface area contributed by atoms with Gasteiger partial charge in [0.2, 0.25) is 16.9 Å². The Hall–Kier alpha value is -2.55. The number of rotatable bonds is 7. The van der Waals surface area contributed by atoms with Gasteiger partial charge in [0, 0.05) is 6.42 Å². The Labute approximate surface area is 149 Å². The maximum absolute atomic E-state index is 6.06. The van der Waals surface area contributed by atoms with Crippen LogP contribution >= 0.6 is 11.8 Å². The number of thioether (sulfide) groups is 1. The van der Waals surface area contributed by atoms with Crippen molar-refractivity contribution in [2.24, 2.45) is 0 Å². The molecule has 0 saturated heterocycles. The molecule has 0 aliphatic rings. The standard InChI is InChI=1S/C16H20N6O2S/c1-4-13-19-20-14(24-13)9-25-16-21-18-12(22(16)17)8-23-15-10(2)6-5-7-11(15)3/h5-7H,4,8-9,17H2,1-3H3. The minimum Gasteiger partial charge on any atom is -0.485 e. The fourth-order valence-corrected chi connectivity index (χ4v) is 3.00. The first-order valence-electron chi connectivity index (χ1n) is 7.91. The fourth-order valence-electron chi connectivity index (χ4n) is 2.28. The zero-order chi connectivity index (χ0) is 17.8. The highest BCUT2D eigenvalue weighted by Gasteiger charge is 2.14. The molecule has 3 rings (SSSR count). The molecule has 0 fully saturated rings. The molecule has 2 N–H and O–H groups in total. The third kappa shape index (κ3) is 3.93. The number of aromatic nitrogens is 5. The van der Waals surface area contributed by atoms with Crippen LogP contribution in [-0.2, 0) is 18.8 Å². The number of nitrogen functional groups attached to an aromatic ring is 1. The number of benzene rings is 1. The number of nitrogens with zero attached hydrogens (tertiary/aromatic N) is 5. The molecule has 0 atom stereocenters. The molecule has 2 aromatic heterocycles. The number of aryl methyl sites for hydroxylation is 3. The molecule has 25 heavy (non-hydrogen) atoms. The third-order valence-electron chi connectivity index (χ3n) is 3.63. The van der Waals surface area contributed by atoms with Crippen LogP contribution < -0.4 is 10.6 Å². The lowest BCUT2D eigenvalue weighted by atomic mass is 10.1. The SMILES string of the molecule is CCc1nnc(CSc2nnc(COc3c(C)cccc3C)n2N)o1. The molecule has 3 aromatic rings. The Balaban J connectivity index is 1.62. The van der Waals surface area contributed by atoms with Crippen LogP contribution in [0.15, 0.2) is 27.8 Å². The largest absolute Gasteiger partial charge is 0.485 e. The predicted molar refractivity (Wildman–Crippen MR) is 93.7 cm³/mol. The molecule has 1 aromatic carbocycles. The molecule has 0 bridgehead atoms. The molecule has 0 spiro atoms. The number of para-hydroxylation sites is 1. The van der Waals surface area contributed by atoms with Gasteiger partial charge in [0.25, 0.3) is 0 Å². The zero-order valence-electron chi connectivity index (χ0n) is 14.4. The van der Waals surface area contributed by atoms with Gasteiger partial charge in [-0.05, 0) is 25.0 Å². The van der Waals surface area contributed by atoms with Crippen LogP contribution in [0, 0.1) is 13.8 Å².